The third-order valence-electron chi connectivity index (χ3n) is 3.90. The van der Waals surface area contributed by atoms with Crippen molar-refractivity contribution >= 4 is 0 Å². The van der Waals surface area contributed by atoms with E-state index >= 15 is 0 Å². The van der Waals surface area contributed by atoms with E-state index in [1.165, 1.54) is 0 Å². The van der Waals surface area contributed by atoms with E-state index in [1.54, 1.807) is 9.25 Å². The Bertz CT molecular complexity index is 835. The summed E-state index contributed by atoms with van der Waals surface area (Å²) in [5.74, 6) is 0.721. The fourth-order valence-electron chi connectivity index (χ4n) is 2.60. The molecule has 0 aliphatic rings. The minimum Gasteiger partial charge on any atom is -0.308 e. The van der Waals surface area contributed by atoms with Gasteiger partial charge in [0.15, 0.2) is 5.82 Å². The number of nitrogens with zero attached hydrogens (tertiary/aromatic N) is 4. The first-order chi connectivity index (χ1) is 11.6. The van der Waals surface area contributed by atoms with Gasteiger partial charge in [0.2, 0.25) is 0 Å². The van der Waals surface area contributed by atoms with Gasteiger partial charge in [-0.1, -0.05) is 60.7 Å². The summed E-state index contributed by atoms with van der Waals surface area (Å²) in [5.41, 5.74) is 1.95. The van der Waals surface area contributed by atoms with Crippen molar-refractivity contribution in [3.05, 3.63) is 76.7 Å². The van der Waals surface area contributed by atoms with Crippen LogP contribution in [0.3, 0.4) is 0 Å². The van der Waals surface area contributed by atoms with Gasteiger partial charge >= 0.3 is 5.69 Å². The lowest BCUT2D eigenvalue weighted by molar-refractivity contribution is 0.381. The largest absolute Gasteiger partial charge is 0.346 e. The molecule has 3 aromatic rings. The van der Waals surface area contributed by atoms with Gasteiger partial charge in [0.25, 0.3) is 0 Å². The van der Waals surface area contributed by atoms with Crippen LogP contribution in [0.1, 0.15) is 5.56 Å². The minimum absolute atomic E-state index is 0.0699. The van der Waals surface area contributed by atoms with Crippen LogP contribution >= 0.6 is 0 Å². The van der Waals surface area contributed by atoms with E-state index in [-0.39, 0.29) is 5.69 Å². The second-order valence-electron chi connectivity index (χ2n) is 6.07. The molecule has 0 saturated heterocycles. The minimum atomic E-state index is -0.0699. The van der Waals surface area contributed by atoms with Crippen LogP contribution < -0.4 is 5.69 Å². The predicted octanol–water partition coefficient (Wildman–Crippen LogP) is 2.32. The summed E-state index contributed by atoms with van der Waals surface area (Å²) in [4.78, 5) is 14.9. The number of likely N-dealkylation sites (N-methyl/N-ethyl adjacent to an activating group) is 1. The van der Waals surface area contributed by atoms with Crippen molar-refractivity contribution < 1.29 is 0 Å². The van der Waals surface area contributed by atoms with E-state index < -0.39 is 0 Å². The first-order valence-corrected chi connectivity index (χ1v) is 8.07. The van der Waals surface area contributed by atoms with Crippen molar-refractivity contribution in [1.29, 1.82) is 0 Å². The van der Waals surface area contributed by atoms with Crippen molar-refractivity contribution in [3.63, 3.8) is 0 Å². The number of hydrogen-bond acceptors (Lipinski definition) is 3. The molecule has 0 bridgehead atoms. The number of rotatable bonds is 6. The van der Waals surface area contributed by atoms with Crippen molar-refractivity contribution in [2.75, 3.05) is 20.6 Å². The number of aromatic nitrogens is 3. The molecule has 0 unspecified atom stereocenters. The molecule has 1 heterocycles. The Labute approximate surface area is 141 Å². The van der Waals surface area contributed by atoms with E-state index in [4.69, 9.17) is 0 Å². The standard InChI is InChI=1S/C19H22N4O/c1-21(2)13-14-22-18(17-11-7-4-8-12-17)20-23(19(22)24)15-16-9-5-3-6-10-16/h3-12H,13-15H2,1-2H3. The average molecular weight is 322 g/mol. The Morgan fingerprint density at radius 3 is 2.21 bits per heavy atom. The molecule has 2 aromatic carbocycles. The maximum Gasteiger partial charge on any atom is 0.346 e. The second kappa shape index (κ2) is 7.27. The molecule has 0 fully saturated rings. The van der Waals surface area contributed by atoms with E-state index in [1.807, 2.05) is 74.8 Å². The Kier molecular flexibility index (Phi) is 4.91. The van der Waals surface area contributed by atoms with Gasteiger partial charge in [-0.15, -0.1) is 5.10 Å². The van der Waals surface area contributed by atoms with Crippen LogP contribution in [-0.2, 0) is 13.1 Å². The third-order valence-corrected chi connectivity index (χ3v) is 3.90. The molecule has 0 aliphatic carbocycles. The molecule has 3 rings (SSSR count). The van der Waals surface area contributed by atoms with Crippen LogP contribution in [0.25, 0.3) is 11.4 Å². The molecular formula is C19H22N4O. The maximum atomic E-state index is 12.8. The lowest BCUT2D eigenvalue weighted by atomic mass is 10.2. The zero-order valence-electron chi connectivity index (χ0n) is 14.1. The van der Waals surface area contributed by atoms with Crippen LogP contribution in [-0.4, -0.2) is 39.9 Å². The molecule has 0 saturated carbocycles. The molecule has 0 spiro atoms. The van der Waals surface area contributed by atoms with Crippen LogP contribution in [0.5, 0.6) is 0 Å². The third kappa shape index (κ3) is 3.63. The molecule has 0 atom stereocenters. The van der Waals surface area contributed by atoms with Crippen LogP contribution in [0, 0.1) is 0 Å². The summed E-state index contributed by atoms with van der Waals surface area (Å²) >= 11 is 0. The first-order valence-electron chi connectivity index (χ1n) is 8.07. The molecule has 5 nitrogen and oxygen atoms in total. The highest BCUT2D eigenvalue weighted by Gasteiger charge is 2.15. The number of benzene rings is 2. The van der Waals surface area contributed by atoms with Crippen molar-refractivity contribution in [1.82, 2.24) is 19.2 Å². The molecule has 0 N–H and O–H groups in total. The molecule has 0 amide bonds. The topological polar surface area (TPSA) is 43.1 Å². The lowest BCUT2D eigenvalue weighted by Crippen LogP contribution is -2.29. The molecule has 124 valence electrons. The average Bonchev–Trinajstić information content (AvgIpc) is 2.91. The van der Waals surface area contributed by atoms with Gasteiger partial charge in [-0.3, -0.25) is 4.57 Å². The quantitative estimate of drug-likeness (QED) is 0.699. The van der Waals surface area contributed by atoms with Gasteiger partial charge in [0.05, 0.1) is 6.54 Å². The summed E-state index contributed by atoms with van der Waals surface area (Å²) < 4.78 is 3.31. The predicted molar refractivity (Wildman–Crippen MR) is 96.0 cm³/mol. The maximum absolute atomic E-state index is 12.8. The zero-order chi connectivity index (χ0) is 16.9. The van der Waals surface area contributed by atoms with Gasteiger partial charge in [-0.2, -0.15) is 0 Å². The summed E-state index contributed by atoms with van der Waals surface area (Å²) in [6.45, 7) is 1.89. The molecule has 1 aromatic heterocycles. The van der Waals surface area contributed by atoms with Gasteiger partial charge in [0.1, 0.15) is 0 Å². The highest BCUT2D eigenvalue weighted by Crippen LogP contribution is 2.15. The molecule has 0 aliphatic heterocycles. The van der Waals surface area contributed by atoms with E-state index in [2.05, 4.69) is 10.00 Å². The summed E-state index contributed by atoms with van der Waals surface area (Å²) in [7, 11) is 4.00. The van der Waals surface area contributed by atoms with Gasteiger partial charge in [-0.05, 0) is 19.7 Å². The van der Waals surface area contributed by atoms with E-state index in [0.29, 0.717) is 13.1 Å². The zero-order valence-corrected chi connectivity index (χ0v) is 14.1. The normalized spacial score (nSPS) is 11.1. The SMILES string of the molecule is CN(C)CCn1c(-c2ccccc2)nn(Cc2ccccc2)c1=O. The van der Waals surface area contributed by atoms with E-state index in [9.17, 15) is 4.79 Å². The summed E-state index contributed by atoms with van der Waals surface area (Å²) in [5, 5.41) is 4.60. The van der Waals surface area contributed by atoms with Crippen LogP contribution in [0.2, 0.25) is 0 Å². The lowest BCUT2D eigenvalue weighted by Gasteiger charge is -2.10. The fourth-order valence-corrected chi connectivity index (χ4v) is 2.60. The van der Waals surface area contributed by atoms with Crippen molar-refractivity contribution in [3.8, 4) is 11.4 Å². The molecule has 24 heavy (non-hydrogen) atoms. The highest BCUT2D eigenvalue weighted by atomic mass is 16.2. The summed E-state index contributed by atoms with van der Waals surface area (Å²) in [6, 6.07) is 19.8. The van der Waals surface area contributed by atoms with Gasteiger partial charge < -0.3 is 4.90 Å². The van der Waals surface area contributed by atoms with Crippen molar-refractivity contribution in [2.24, 2.45) is 0 Å². The van der Waals surface area contributed by atoms with Gasteiger partial charge in [0, 0.05) is 18.7 Å². The van der Waals surface area contributed by atoms with Crippen LogP contribution in [0.15, 0.2) is 65.5 Å². The summed E-state index contributed by atoms with van der Waals surface area (Å²) in [6.07, 6.45) is 0. The van der Waals surface area contributed by atoms with Crippen LogP contribution in [0.4, 0.5) is 0 Å². The fraction of sp³-hybridized carbons (Fsp3) is 0.263. The van der Waals surface area contributed by atoms with Crippen molar-refractivity contribution in [2.45, 2.75) is 13.1 Å². The Balaban J connectivity index is 2.00. The molecular weight excluding hydrogens is 300 g/mol. The Morgan fingerprint density at radius 1 is 0.958 bits per heavy atom. The second-order valence-corrected chi connectivity index (χ2v) is 6.07. The number of hydrogen-bond donors (Lipinski definition) is 0. The Hall–Kier alpha value is -2.66. The highest BCUT2D eigenvalue weighted by molar-refractivity contribution is 5.54. The smallest absolute Gasteiger partial charge is 0.308 e. The van der Waals surface area contributed by atoms with E-state index in [0.717, 1.165) is 23.5 Å². The Morgan fingerprint density at radius 2 is 1.58 bits per heavy atom. The molecule has 0 radical (unpaired) electrons. The monoisotopic (exact) mass is 322 g/mol. The first kappa shape index (κ1) is 16.2. The molecule has 5 heteroatoms. The van der Waals surface area contributed by atoms with Gasteiger partial charge in [-0.25, -0.2) is 9.48 Å².